The summed E-state index contributed by atoms with van der Waals surface area (Å²) in [7, 11) is 0. The maximum absolute atomic E-state index is 12.7. The molecule has 0 aliphatic carbocycles. The molecule has 0 atom stereocenters. The van der Waals surface area contributed by atoms with Crippen LogP contribution in [0.25, 0.3) is 11.3 Å². The summed E-state index contributed by atoms with van der Waals surface area (Å²) in [6, 6.07) is 8.12. The highest BCUT2D eigenvalue weighted by atomic mass is 19.4. The van der Waals surface area contributed by atoms with Crippen LogP contribution in [0.5, 0.6) is 0 Å². The number of H-pyrrole nitrogens is 1. The molecule has 0 unspecified atom stereocenters. The van der Waals surface area contributed by atoms with Crippen molar-refractivity contribution >= 4 is 11.6 Å². The van der Waals surface area contributed by atoms with Crippen molar-refractivity contribution in [2.45, 2.75) is 13.1 Å². The predicted molar refractivity (Wildman–Crippen MR) is 79.1 cm³/mol. The number of aromatic amines is 1. The minimum Gasteiger partial charge on any atom is -0.324 e. The van der Waals surface area contributed by atoms with E-state index >= 15 is 0 Å². The van der Waals surface area contributed by atoms with Crippen molar-refractivity contribution in [2.75, 3.05) is 5.32 Å². The lowest BCUT2D eigenvalue weighted by atomic mass is 10.1. The van der Waals surface area contributed by atoms with E-state index in [1.165, 1.54) is 0 Å². The normalized spacial score (nSPS) is 11.5. The second-order valence-corrected chi connectivity index (χ2v) is 4.94. The van der Waals surface area contributed by atoms with Gasteiger partial charge in [-0.15, -0.1) is 0 Å². The van der Waals surface area contributed by atoms with Gasteiger partial charge in [-0.3, -0.25) is 5.10 Å². The third kappa shape index (κ3) is 3.47. The third-order valence-electron chi connectivity index (χ3n) is 3.08. The SMILES string of the molecule is Cc1cc(Nc2nccc(C(F)(F)F)n2)cc(-c2cc[nH]n2)c1. The van der Waals surface area contributed by atoms with Crippen LogP contribution in [-0.4, -0.2) is 20.2 Å². The zero-order chi connectivity index (χ0) is 16.4. The van der Waals surface area contributed by atoms with Crippen molar-refractivity contribution < 1.29 is 13.2 Å². The molecule has 3 rings (SSSR count). The lowest BCUT2D eigenvalue weighted by Crippen LogP contribution is -2.10. The van der Waals surface area contributed by atoms with Crippen LogP contribution in [0.4, 0.5) is 24.8 Å². The quantitative estimate of drug-likeness (QED) is 0.767. The van der Waals surface area contributed by atoms with E-state index in [4.69, 9.17) is 0 Å². The summed E-state index contributed by atoms with van der Waals surface area (Å²) < 4.78 is 38.1. The third-order valence-corrected chi connectivity index (χ3v) is 3.08. The largest absolute Gasteiger partial charge is 0.433 e. The van der Waals surface area contributed by atoms with Crippen LogP contribution in [0.15, 0.2) is 42.7 Å². The Kier molecular flexibility index (Phi) is 3.73. The van der Waals surface area contributed by atoms with E-state index in [1.54, 1.807) is 24.4 Å². The molecule has 2 N–H and O–H groups in total. The van der Waals surface area contributed by atoms with E-state index in [0.717, 1.165) is 29.1 Å². The molecule has 3 aromatic rings. The van der Waals surface area contributed by atoms with Crippen LogP contribution in [-0.2, 0) is 6.18 Å². The van der Waals surface area contributed by atoms with Crippen molar-refractivity contribution in [3.8, 4) is 11.3 Å². The summed E-state index contributed by atoms with van der Waals surface area (Å²) in [5, 5.41) is 9.61. The van der Waals surface area contributed by atoms with E-state index in [-0.39, 0.29) is 5.95 Å². The number of hydrogen-bond acceptors (Lipinski definition) is 4. The molecule has 0 bridgehead atoms. The van der Waals surface area contributed by atoms with Gasteiger partial charge in [0.05, 0.1) is 5.69 Å². The topological polar surface area (TPSA) is 66.5 Å². The fourth-order valence-corrected chi connectivity index (χ4v) is 2.13. The number of rotatable bonds is 3. The average Bonchev–Trinajstić information content (AvgIpc) is 3.00. The van der Waals surface area contributed by atoms with Crippen LogP contribution in [0.2, 0.25) is 0 Å². The van der Waals surface area contributed by atoms with Crippen LogP contribution in [0, 0.1) is 6.92 Å². The van der Waals surface area contributed by atoms with Gasteiger partial charge in [-0.05, 0) is 42.8 Å². The van der Waals surface area contributed by atoms with Crippen molar-refractivity contribution in [1.29, 1.82) is 0 Å². The molecule has 23 heavy (non-hydrogen) atoms. The van der Waals surface area contributed by atoms with Crippen molar-refractivity contribution in [2.24, 2.45) is 0 Å². The molecule has 0 amide bonds. The molecule has 0 aliphatic rings. The van der Waals surface area contributed by atoms with Crippen LogP contribution >= 0.6 is 0 Å². The van der Waals surface area contributed by atoms with Crippen molar-refractivity contribution in [1.82, 2.24) is 20.2 Å². The Morgan fingerprint density at radius 3 is 2.65 bits per heavy atom. The van der Waals surface area contributed by atoms with Crippen molar-refractivity contribution in [3.63, 3.8) is 0 Å². The van der Waals surface area contributed by atoms with E-state index in [2.05, 4.69) is 25.5 Å². The fourth-order valence-electron chi connectivity index (χ4n) is 2.13. The number of alkyl halides is 3. The van der Waals surface area contributed by atoms with Gasteiger partial charge in [0.1, 0.15) is 5.69 Å². The average molecular weight is 319 g/mol. The van der Waals surface area contributed by atoms with Crippen molar-refractivity contribution in [3.05, 3.63) is 54.0 Å². The lowest BCUT2D eigenvalue weighted by molar-refractivity contribution is -0.141. The first-order chi connectivity index (χ1) is 10.9. The first-order valence-electron chi connectivity index (χ1n) is 6.71. The van der Waals surface area contributed by atoms with Crippen LogP contribution in [0.3, 0.4) is 0 Å². The predicted octanol–water partition coefficient (Wildman–Crippen LogP) is 3.94. The first kappa shape index (κ1) is 15.0. The summed E-state index contributed by atoms with van der Waals surface area (Å²) in [4.78, 5) is 7.32. The Morgan fingerprint density at radius 1 is 1.13 bits per heavy atom. The second kappa shape index (κ2) is 5.71. The Labute approximate surface area is 129 Å². The Hall–Kier alpha value is -2.90. The van der Waals surface area contributed by atoms with E-state index < -0.39 is 11.9 Å². The maximum atomic E-state index is 12.7. The zero-order valence-electron chi connectivity index (χ0n) is 12.0. The summed E-state index contributed by atoms with van der Waals surface area (Å²) in [6.07, 6.45) is -1.74. The van der Waals surface area contributed by atoms with Gasteiger partial charge < -0.3 is 5.32 Å². The highest BCUT2D eigenvalue weighted by molar-refractivity contribution is 5.68. The Morgan fingerprint density at radius 2 is 1.96 bits per heavy atom. The monoisotopic (exact) mass is 319 g/mol. The molecule has 0 spiro atoms. The van der Waals surface area contributed by atoms with Gasteiger partial charge in [0.25, 0.3) is 0 Å². The standard InChI is InChI=1S/C15H12F3N5/c1-9-6-10(12-2-5-20-23-12)8-11(7-9)21-14-19-4-3-13(22-14)15(16,17)18/h2-8H,1H3,(H,20,23)(H,19,21,22). The van der Waals surface area contributed by atoms with Gasteiger partial charge in [-0.1, -0.05) is 0 Å². The molecule has 1 aromatic carbocycles. The molecule has 0 aliphatic heterocycles. The number of nitrogens with zero attached hydrogens (tertiary/aromatic N) is 3. The zero-order valence-corrected chi connectivity index (χ0v) is 12.0. The van der Waals surface area contributed by atoms with E-state index in [1.807, 2.05) is 13.0 Å². The second-order valence-electron chi connectivity index (χ2n) is 4.94. The highest BCUT2D eigenvalue weighted by Gasteiger charge is 2.32. The summed E-state index contributed by atoms with van der Waals surface area (Å²) in [5.41, 5.74) is 2.10. The van der Waals surface area contributed by atoms with Gasteiger partial charge in [0, 0.05) is 23.6 Å². The lowest BCUT2D eigenvalue weighted by Gasteiger charge is -2.10. The summed E-state index contributed by atoms with van der Waals surface area (Å²) in [6.45, 7) is 1.88. The number of nitrogens with one attached hydrogen (secondary N) is 2. The Balaban J connectivity index is 1.92. The smallest absolute Gasteiger partial charge is 0.324 e. The molecule has 0 radical (unpaired) electrons. The number of aromatic nitrogens is 4. The molecule has 2 aromatic heterocycles. The fraction of sp³-hybridized carbons (Fsp3) is 0.133. The van der Waals surface area contributed by atoms with E-state index in [9.17, 15) is 13.2 Å². The molecule has 0 saturated heterocycles. The van der Waals surface area contributed by atoms with E-state index in [0.29, 0.717) is 5.69 Å². The molecule has 5 nitrogen and oxygen atoms in total. The first-order valence-corrected chi connectivity index (χ1v) is 6.71. The van der Waals surface area contributed by atoms with Gasteiger partial charge >= 0.3 is 6.18 Å². The molecule has 8 heteroatoms. The Bertz CT molecular complexity index is 812. The van der Waals surface area contributed by atoms with Crippen LogP contribution in [0.1, 0.15) is 11.3 Å². The number of hydrogen-bond donors (Lipinski definition) is 2. The number of anilines is 2. The number of aryl methyl sites for hydroxylation is 1. The molecule has 2 heterocycles. The molecule has 0 fully saturated rings. The number of benzene rings is 1. The highest BCUT2D eigenvalue weighted by Crippen LogP contribution is 2.29. The van der Waals surface area contributed by atoms with Gasteiger partial charge in [-0.25, -0.2) is 9.97 Å². The maximum Gasteiger partial charge on any atom is 0.433 e. The molecular formula is C15H12F3N5. The van der Waals surface area contributed by atoms with Crippen LogP contribution < -0.4 is 5.32 Å². The van der Waals surface area contributed by atoms with Gasteiger partial charge in [0.15, 0.2) is 0 Å². The number of halogens is 3. The minimum atomic E-state index is -4.51. The summed E-state index contributed by atoms with van der Waals surface area (Å²) in [5.74, 6) is -0.113. The van der Waals surface area contributed by atoms with Gasteiger partial charge in [0.2, 0.25) is 5.95 Å². The molecule has 118 valence electrons. The van der Waals surface area contributed by atoms with Gasteiger partial charge in [-0.2, -0.15) is 18.3 Å². The summed E-state index contributed by atoms with van der Waals surface area (Å²) >= 11 is 0. The molecular weight excluding hydrogens is 307 g/mol. The molecule has 0 saturated carbocycles. The minimum absolute atomic E-state index is 0.113.